The highest BCUT2D eigenvalue weighted by Crippen LogP contribution is 2.11. The fraction of sp³-hybridized carbons (Fsp3) is 0.800. The van der Waals surface area contributed by atoms with Gasteiger partial charge in [0.05, 0.1) is 0 Å². The molecule has 38 valence electrons. The first-order valence-corrected chi connectivity index (χ1v) is 4.71. The molecule has 0 spiro atoms. The molecule has 1 atom stereocenters. The summed E-state index contributed by atoms with van der Waals surface area (Å²) in [7, 11) is 0.00669. The molecule has 0 aliphatic rings. The summed E-state index contributed by atoms with van der Waals surface area (Å²) in [4.78, 5) is 0. The van der Waals surface area contributed by atoms with Gasteiger partial charge in [0, 0.05) is 0 Å². The van der Waals surface area contributed by atoms with Crippen molar-refractivity contribution in [3.8, 4) is 0 Å². The summed E-state index contributed by atoms with van der Waals surface area (Å²) in [5.74, 6) is 2.32. The normalized spacial score (nSPS) is 15.2. The van der Waals surface area contributed by atoms with E-state index < -0.39 is 0 Å². The molecule has 0 saturated heterocycles. The van der Waals surface area contributed by atoms with Crippen LogP contribution in [0, 0.1) is 0 Å². The summed E-state index contributed by atoms with van der Waals surface area (Å²) >= 11 is 0. The van der Waals surface area contributed by atoms with Crippen molar-refractivity contribution in [1.29, 1.82) is 0 Å². The summed E-state index contributed by atoms with van der Waals surface area (Å²) in [5.41, 5.74) is 0. The third kappa shape index (κ3) is 2.53. The Kier molecular flexibility index (Phi) is 3.66. The summed E-state index contributed by atoms with van der Waals surface area (Å²) in [6.45, 7) is 6.72. The second-order valence-corrected chi connectivity index (χ2v) is 4.47. The highest BCUT2D eigenvalue weighted by Gasteiger charge is 1.71. The molecular weight excluding hydrogens is 91.0 g/mol. The predicted octanol–water partition coefficient (Wildman–Crippen LogP) is 1.67. The molecule has 0 N–H and O–H groups in total. The lowest BCUT2D eigenvalue weighted by molar-refractivity contribution is 1.51. The third-order valence-corrected chi connectivity index (χ3v) is 3.15. The molecule has 0 amide bonds. The van der Waals surface area contributed by atoms with E-state index >= 15 is 0 Å². The number of hydrogen-bond acceptors (Lipinski definition) is 0. The SMILES string of the molecule is C/C=[PH](\C)CC. The van der Waals surface area contributed by atoms with Gasteiger partial charge in [0.1, 0.15) is 0 Å². The van der Waals surface area contributed by atoms with Gasteiger partial charge in [-0.05, 0) is 19.8 Å². The van der Waals surface area contributed by atoms with E-state index in [4.69, 9.17) is 0 Å². The number of hydrogen-bond donors (Lipinski definition) is 0. The minimum Gasteiger partial charge on any atom is -0.125 e. The first-order chi connectivity index (χ1) is 2.81. The monoisotopic (exact) mass is 104 g/mol. The Morgan fingerprint density at radius 2 is 2.17 bits per heavy atom. The van der Waals surface area contributed by atoms with Crippen molar-refractivity contribution in [2.75, 3.05) is 12.8 Å². The van der Waals surface area contributed by atoms with Gasteiger partial charge in [-0.1, -0.05) is 12.7 Å². The van der Waals surface area contributed by atoms with Crippen molar-refractivity contribution in [2.45, 2.75) is 13.8 Å². The van der Waals surface area contributed by atoms with Crippen LogP contribution in [0.15, 0.2) is 0 Å². The van der Waals surface area contributed by atoms with Crippen LogP contribution in [0.4, 0.5) is 0 Å². The van der Waals surface area contributed by atoms with E-state index in [9.17, 15) is 0 Å². The molecule has 0 nitrogen and oxygen atoms in total. The fourth-order valence-corrected chi connectivity index (χ4v) is 0.612. The first-order valence-electron chi connectivity index (χ1n) is 2.43. The Hall–Kier alpha value is 0.300. The van der Waals surface area contributed by atoms with Crippen molar-refractivity contribution in [3.05, 3.63) is 0 Å². The molecule has 1 unspecified atom stereocenters. The Bertz CT molecular complexity index is 55.0. The molecule has 1 heteroatoms. The van der Waals surface area contributed by atoms with Crippen LogP contribution in [0.2, 0.25) is 0 Å². The van der Waals surface area contributed by atoms with E-state index in [2.05, 4.69) is 26.3 Å². The maximum atomic E-state index is 2.32. The van der Waals surface area contributed by atoms with Gasteiger partial charge in [0.15, 0.2) is 0 Å². The highest BCUT2D eigenvalue weighted by atomic mass is 31.1. The van der Waals surface area contributed by atoms with Crippen LogP contribution >= 0.6 is 7.55 Å². The molecule has 0 fully saturated rings. The lowest BCUT2D eigenvalue weighted by atomic mass is 11.0. The van der Waals surface area contributed by atoms with Crippen LogP contribution < -0.4 is 0 Å². The molecule has 0 radical (unpaired) electrons. The van der Waals surface area contributed by atoms with Crippen molar-refractivity contribution in [3.63, 3.8) is 0 Å². The minimum absolute atomic E-state index is 0.00669. The molecule has 0 aromatic carbocycles. The van der Waals surface area contributed by atoms with E-state index in [-0.39, 0.29) is 7.55 Å². The van der Waals surface area contributed by atoms with Crippen molar-refractivity contribution >= 4 is 13.3 Å². The highest BCUT2D eigenvalue weighted by molar-refractivity contribution is 7.56. The van der Waals surface area contributed by atoms with Gasteiger partial charge >= 0.3 is 0 Å². The second-order valence-electron chi connectivity index (χ2n) is 1.49. The Labute approximate surface area is 41.0 Å². The van der Waals surface area contributed by atoms with Gasteiger partial charge < -0.3 is 0 Å². The lowest BCUT2D eigenvalue weighted by Crippen LogP contribution is -1.63. The first kappa shape index (κ1) is 6.30. The van der Waals surface area contributed by atoms with Crippen molar-refractivity contribution in [1.82, 2.24) is 0 Å². The second kappa shape index (κ2) is 3.49. The quantitative estimate of drug-likeness (QED) is 0.444. The van der Waals surface area contributed by atoms with Gasteiger partial charge in [0.2, 0.25) is 0 Å². The third-order valence-electron chi connectivity index (χ3n) is 1.05. The molecule has 0 aromatic rings. The molecule has 0 heterocycles. The fourth-order valence-electron chi connectivity index (χ4n) is 0.204. The van der Waals surface area contributed by atoms with E-state index in [1.807, 2.05) is 0 Å². The van der Waals surface area contributed by atoms with Crippen molar-refractivity contribution in [2.24, 2.45) is 0 Å². The van der Waals surface area contributed by atoms with Crippen LogP contribution in [-0.4, -0.2) is 18.6 Å². The van der Waals surface area contributed by atoms with Gasteiger partial charge in [-0.25, -0.2) is 0 Å². The summed E-state index contributed by atoms with van der Waals surface area (Å²) in [6, 6.07) is 0. The van der Waals surface area contributed by atoms with Crippen LogP contribution in [-0.2, 0) is 0 Å². The predicted molar refractivity (Wildman–Crippen MR) is 36.5 cm³/mol. The number of rotatable bonds is 1. The van der Waals surface area contributed by atoms with E-state index in [1.165, 1.54) is 6.16 Å². The van der Waals surface area contributed by atoms with E-state index in [1.54, 1.807) is 0 Å². The zero-order valence-corrected chi connectivity index (χ0v) is 5.78. The Balaban J connectivity index is 3.22. The van der Waals surface area contributed by atoms with Crippen LogP contribution in [0.5, 0.6) is 0 Å². The molecule has 0 saturated carbocycles. The average molecular weight is 104 g/mol. The maximum absolute atomic E-state index is 2.32. The molecule has 0 aromatic heterocycles. The summed E-state index contributed by atoms with van der Waals surface area (Å²) in [6.07, 6.45) is 1.38. The smallest absolute Gasteiger partial charge is 0.0386 e. The minimum atomic E-state index is 0.00669. The Morgan fingerprint density at radius 3 is 2.17 bits per heavy atom. The van der Waals surface area contributed by atoms with Gasteiger partial charge in [0.25, 0.3) is 0 Å². The van der Waals surface area contributed by atoms with Crippen molar-refractivity contribution < 1.29 is 0 Å². The molecule has 0 aliphatic heterocycles. The van der Waals surface area contributed by atoms with Gasteiger partial charge in [-0.2, -0.15) is 0 Å². The molecule has 0 bridgehead atoms. The van der Waals surface area contributed by atoms with E-state index in [0.717, 1.165) is 0 Å². The standard InChI is InChI=1S/C5H13P/c1-4-6(3)5-2/h4,6H,5H2,1-3H3. The van der Waals surface area contributed by atoms with Gasteiger partial charge in [-0.3, -0.25) is 0 Å². The Morgan fingerprint density at radius 1 is 1.67 bits per heavy atom. The topological polar surface area (TPSA) is 0 Å². The molecular formula is C5H13P. The molecule has 0 rings (SSSR count). The zero-order chi connectivity index (χ0) is 4.99. The van der Waals surface area contributed by atoms with Crippen LogP contribution in [0.25, 0.3) is 0 Å². The zero-order valence-electron chi connectivity index (χ0n) is 4.78. The summed E-state index contributed by atoms with van der Waals surface area (Å²) in [5, 5.41) is 0. The molecule has 0 aliphatic carbocycles. The largest absolute Gasteiger partial charge is 0.125 e. The van der Waals surface area contributed by atoms with Crippen LogP contribution in [0.3, 0.4) is 0 Å². The summed E-state index contributed by atoms with van der Waals surface area (Å²) < 4.78 is 0. The van der Waals surface area contributed by atoms with Crippen LogP contribution in [0.1, 0.15) is 13.8 Å². The maximum Gasteiger partial charge on any atom is -0.0386 e. The lowest BCUT2D eigenvalue weighted by Gasteiger charge is -1.87. The molecule has 6 heavy (non-hydrogen) atoms. The average Bonchev–Trinajstić information content (AvgIpc) is 1.65. The van der Waals surface area contributed by atoms with E-state index in [0.29, 0.717) is 0 Å². The van der Waals surface area contributed by atoms with Gasteiger partial charge in [-0.15, -0.1) is 7.55 Å².